The molecule has 3 aromatic rings. The first-order chi connectivity index (χ1) is 10.1. The molecule has 7 nitrogen and oxygen atoms in total. The number of H-pyrrole nitrogens is 1. The normalized spacial score (nSPS) is 10.5. The highest BCUT2D eigenvalue weighted by molar-refractivity contribution is 6.11. The highest BCUT2D eigenvalue weighted by Crippen LogP contribution is 2.17. The molecular formula is C14H10N4O3. The molecule has 0 fully saturated rings. The minimum atomic E-state index is -1.16. The van der Waals surface area contributed by atoms with Gasteiger partial charge in [-0.3, -0.25) is 9.89 Å². The van der Waals surface area contributed by atoms with Crippen molar-refractivity contribution in [3.63, 3.8) is 0 Å². The number of hydrogen-bond acceptors (Lipinski definition) is 4. The van der Waals surface area contributed by atoms with Crippen molar-refractivity contribution < 1.29 is 14.7 Å². The third-order valence-corrected chi connectivity index (χ3v) is 2.92. The van der Waals surface area contributed by atoms with E-state index in [1.807, 2.05) is 18.2 Å². The molecule has 0 atom stereocenters. The molecule has 2 aromatic heterocycles. The average Bonchev–Trinajstić information content (AvgIpc) is 2.91. The number of aromatic carboxylic acids is 1. The van der Waals surface area contributed by atoms with E-state index in [4.69, 9.17) is 5.11 Å². The van der Waals surface area contributed by atoms with Gasteiger partial charge in [0.15, 0.2) is 5.69 Å². The molecule has 0 aliphatic heterocycles. The third-order valence-electron chi connectivity index (χ3n) is 2.92. The maximum absolute atomic E-state index is 12.2. The quantitative estimate of drug-likeness (QED) is 0.680. The minimum Gasteiger partial charge on any atom is -0.477 e. The highest BCUT2D eigenvalue weighted by atomic mass is 16.4. The number of carbonyl (C=O) groups is 2. The molecule has 0 radical (unpaired) electrons. The van der Waals surface area contributed by atoms with Gasteiger partial charge < -0.3 is 10.4 Å². The maximum atomic E-state index is 12.2. The van der Waals surface area contributed by atoms with Gasteiger partial charge in [-0.1, -0.05) is 18.2 Å². The average molecular weight is 282 g/mol. The largest absolute Gasteiger partial charge is 0.477 e. The number of carbonyl (C=O) groups excluding carboxylic acids is 1. The Morgan fingerprint density at radius 2 is 2.00 bits per heavy atom. The van der Waals surface area contributed by atoms with Gasteiger partial charge in [0.2, 0.25) is 0 Å². The number of anilines is 1. The van der Waals surface area contributed by atoms with Crippen LogP contribution in [0.3, 0.4) is 0 Å². The fourth-order valence-corrected chi connectivity index (χ4v) is 1.95. The minimum absolute atomic E-state index is 0.139. The lowest BCUT2D eigenvalue weighted by molar-refractivity contribution is 0.0690. The summed E-state index contributed by atoms with van der Waals surface area (Å²) < 4.78 is 0. The van der Waals surface area contributed by atoms with Crippen molar-refractivity contribution in [2.45, 2.75) is 0 Å². The van der Waals surface area contributed by atoms with E-state index in [-0.39, 0.29) is 11.4 Å². The van der Waals surface area contributed by atoms with E-state index in [0.717, 1.165) is 5.52 Å². The number of pyridine rings is 1. The summed E-state index contributed by atoms with van der Waals surface area (Å²) in [6.45, 7) is 0. The number of benzene rings is 1. The van der Waals surface area contributed by atoms with Crippen LogP contribution in [0, 0.1) is 0 Å². The van der Waals surface area contributed by atoms with Crippen molar-refractivity contribution in [3.05, 3.63) is 54.0 Å². The molecular weight excluding hydrogens is 272 g/mol. The Morgan fingerprint density at radius 3 is 2.81 bits per heavy atom. The number of amides is 1. The molecule has 3 rings (SSSR count). The molecule has 104 valence electrons. The van der Waals surface area contributed by atoms with Crippen LogP contribution in [0.1, 0.15) is 21.0 Å². The van der Waals surface area contributed by atoms with Crippen LogP contribution in [-0.2, 0) is 0 Å². The summed E-state index contributed by atoms with van der Waals surface area (Å²) in [6, 6.07) is 10.0. The number of nitrogens with zero attached hydrogens (tertiary/aromatic N) is 2. The van der Waals surface area contributed by atoms with Gasteiger partial charge in [-0.25, -0.2) is 9.78 Å². The van der Waals surface area contributed by atoms with Gasteiger partial charge >= 0.3 is 5.97 Å². The van der Waals surface area contributed by atoms with Crippen LogP contribution in [0.4, 0.5) is 5.69 Å². The molecule has 0 aliphatic rings. The molecule has 0 saturated heterocycles. The molecule has 7 heteroatoms. The molecule has 2 heterocycles. The third kappa shape index (κ3) is 2.44. The second-order valence-corrected chi connectivity index (χ2v) is 4.31. The Labute approximate surface area is 118 Å². The topological polar surface area (TPSA) is 108 Å². The van der Waals surface area contributed by atoms with Crippen LogP contribution in [0.15, 0.2) is 42.6 Å². The van der Waals surface area contributed by atoms with Gasteiger partial charge in [0, 0.05) is 17.3 Å². The van der Waals surface area contributed by atoms with Crippen molar-refractivity contribution in [2.24, 2.45) is 0 Å². The number of carboxylic acids is 1. The maximum Gasteiger partial charge on any atom is 0.354 e. The first kappa shape index (κ1) is 12.8. The van der Waals surface area contributed by atoms with Gasteiger partial charge in [0.25, 0.3) is 5.91 Å². The van der Waals surface area contributed by atoms with Crippen LogP contribution in [0.5, 0.6) is 0 Å². The monoisotopic (exact) mass is 282 g/mol. The van der Waals surface area contributed by atoms with Crippen LogP contribution in [-0.4, -0.2) is 32.2 Å². The fourth-order valence-electron chi connectivity index (χ4n) is 1.95. The number of nitrogens with one attached hydrogen (secondary N) is 2. The molecule has 0 aliphatic carbocycles. The number of fused-ring (bicyclic) bond motifs is 1. The predicted octanol–water partition coefficient (Wildman–Crippen LogP) is 1.91. The molecule has 3 N–H and O–H groups in total. The van der Waals surface area contributed by atoms with Crippen molar-refractivity contribution in [2.75, 3.05) is 5.32 Å². The molecule has 0 bridgehead atoms. The summed E-state index contributed by atoms with van der Waals surface area (Å²) >= 11 is 0. The second-order valence-electron chi connectivity index (χ2n) is 4.31. The Bertz CT molecular complexity index is 841. The van der Waals surface area contributed by atoms with Crippen molar-refractivity contribution in [3.8, 4) is 0 Å². The SMILES string of the molecule is O=C(O)c1cc(NC(=O)c2n[nH]c3ccccc23)ccn1. The lowest BCUT2D eigenvalue weighted by atomic mass is 10.2. The van der Waals surface area contributed by atoms with Crippen LogP contribution < -0.4 is 5.32 Å². The lowest BCUT2D eigenvalue weighted by Gasteiger charge is -2.04. The first-order valence-corrected chi connectivity index (χ1v) is 6.09. The molecule has 1 aromatic carbocycles. The second kappa shape index (κ2) is 5.04. The number of hydrogen-bond donors (Lipinski definition) is 3. The van der Waals surface area contributed by atoms with Crippen LogP contribution >= 0.6 is 0 Å². The van der Waals surface area contributed by atoms with E-state index in [2.05, 4.69) is 20.5 Å². The van der Waals surface area contributed by atoms with Gasteiger partial charge in [-0.05, 0) is 18.2 Å². The summed E-state index contributed by atoms with van der Waals surface area (Å²) in [4.78, 5) is 26.7. The van der Waals surface area contributed by atoms with E-state index < -0.39 is 11.9 Å². The Kier molecular flexibility index (Phi) is 3.07. The smallest absolute Gasteiger partial charge is 0.354 e. The summed E-state index contributed by atoms with van der Waals surface area (Å²) in [7, 11) is 0. The van der Waals surface area contributed by atoms with Gasteiger partial charge in [-0.2, -0.15) is 5.10 Å². The van der Waals surface area contributed by atoms with E-state index >= 15 is 0 Å². The fraction of sp³-hybridized carbons (Fsp3) is 0. The predicted molar refractivity (Wildman–Crippen MR) is 75.2 cm³/mol. The van der Waals surface area contributed by atoms with E-state index in [1.165, 1.54) is 18.3 Å². The summed E-state index contributed by atoms with van der Waals surface area (Å²) in [6.07, 6.45) is 1.32. The number of rotatable bonds is 3. The number of para-hydroxylation sites is 1. The number of aromatic nitrogens is 3. The van der Waals surface area contributed by atoms with Gasteiger partial charge in [-0.15, -0.1) is 0 Å². The van der Waals surface area contributed by atoms with Crippen molar-refractivity contribution in [1.29, 1.82) is 0 Å². The lowest BCUT2D eigenvalue weighted by Crippen LogP contribution is -2.13. The molecule has 1 amide bonds. The molecule has 0 unspecified atom stereocenters. The molecule has 21 heavy (non-hydrogen) atoms. The van der Waals surface area contributed by atoms with E-state index in [0.29, 0.717) is 11.1 Å². The standard InChI is InChI=1S/C14H10N4O3/c19-13(12-9-3-1-2-4-10(9)17-18-12)16-8-5-6-15-11(7-8)14(20)21/h1-7H,(H,17,18)(H,20,21)(H,15,16,19). The first-order valence-electron chi connectivity index (χ1n) is 6.09. The molecule has 0 spiro atoms. The Balaban J connectivity index is 1.90. The summed E-state index contributed by atoms with van der Waals surface area (Å²) in [5, 5.41) is 18.9. The summed E-state index contributed by atoms with van der Waals surface area (Å²) in [5.74, 6) is -1.58. The van der Waals surface area contributed by atoms with Crippen molar-refractivity contribution in [1.82, 2.24) is 15.2 Å². The van der Waals surface area contributed by atoms with Crippen molar-refractivity contribution >= 4 is 28.5 Å². The Hall–Kier alpha value is -3.22. The van der Waals surface area contributed by atoms with Crippen LogP contribution in [0.2, 0.25) is 0 Å². The van der Waals surface area contributed by atoms with Gasteiger partial charge in [0.1, 0.15) is 5.69 Å². The zero-order chi connectivity index (χ0) is 14.8. The summed E-state index contributed by atoms with van der Waals surface area (Å²) in [5.41, 5.74) is 1.21. The molecule has 0 saturated carbocycles. The zero-order valence-corrected chi connectivity index (χ0v) is 10.7. The zero-order valence-electron chi connectivity index (χ0n) is 10.7. The highest BCUT2D eigenvalue weighted by Gasteiger charge is 2.14. The Morgan fingerprint density at radius 1 is 1.19 bits per heavy atom. The number of aromatic amines is 1. The van der Waals surface area contributed by atoms with E-state index in [9.17, 15) is 9.59 Å². The van der Waals surface area contributed by atoms with Gasteiger partial charge in [0.05, 0.1) is 5.52 Å². The van der Waals surface area contributed by atoms with E-state index in [1.54, 1.807) is 6.07 Å². The number of carboxylic acid groups (broad SMARTS) is 1. The van der Waals surface area contributed by atoms with Crippen LogP contribution in [0.25, 0.3) is 10.9 Å².